The number of nitrogens with two attached hydrogens (primary N) is 1. The maximum Gasteiger partial charge on any atom is 0.472 e. The minimum Gasteiger partial charge on any atom is -0.457 e. The first-order valence-corrected chi connectivity index (χ1v) is 27.8. The molecule has 9 heteroatoms. The van der Waals surface area contributed by atoms with Gasteiger partial charge in [-0.2, -0.15) is 0 Å². The van der Waals surface area contributed by atoms with Crippen LogP contribution in [0.25, 0.3) is 0 Å². The summed E-state index contributed by atoms with van der Waals surface area (Å²) >= 11 is 0. The van der Waals surface area contributed by atoms with Crippen LogP contribution in [0.5, 0.6) is 0 Å². The Balaban J connectivity index is 3.95. The molecule has 0 heterocycles. The Morgan fingerprint density at radius 3 is 1.33 bits per heavy atom. The van der Waals surface area contributed by atoms with Gasteiger partial charge in [0, 0.05) is 19.6 Å². The molecule has 3 N–H and O–H groups in total. The summed E-state index contributed by atoms with van der Waals surface area (Å²) in [6.07, 6.45) is 64.0. The summed E-state index contributed by atoms with van der Waals surface area (Å²) in [5.74, 6) is -0.339. The molecule has 0 aromatic rings. The second-order valence-electron chi connectivity index (χ2n) is 17.4. The number of esters is 1. The van der Waals surface area contributed by atoms with Crippen molar-refractivity contribution in [1.29, 1.82) is 0 Å². The van der Waals surface area contributed by atoms with E-state index >= 15 is 0 Å². The van der Waals surface area contributed by atoms with E-state index in [0.717, 1.165) is 70.6 Å². The topological polar surface area (TPSA) is 117 Å². The van der Waals surface area contributed by atoms with Crippen LogP contribution in [0.1, 0.15) is 239 Å². The van der Waals surface area contributed by atoms with Gasteiger partial charge >= 0.3 is 13.8 Å². The molecule has 0 spiro atoms. The Morgan fingerprint density at radius 2 is 0.889 bits per heavy atom. The molecule has 0 saturated heterocycles. The van der Waals surface area contributed by atoms with E-state index in [1.54, 1.807) is 0 Å². The van der Waals surface area contributed by atoms with E-state index in [1.807, 2.05) is 0 Å². The predicted octanol–water partition coefficient (Wildman–Crippen LogP) is 16.5. The zero-order valence-corrected chi connectivity index (χ0v) is 42.0. The molecule has 0 saturated carbocycles. The Kier molecular flexibility index (Phi) is 49.7. The summed E-state index contributed by atoms with van der Waals surface area (Å²) in [4.78, 5) is 22.6. The van der Waals surface area contributed by atoms with E-state index < -0.39 is 13.9 Å². The summed E-state index contributed by atoms with van der Waals surface area (Å²) in [7, 11) is -4.29. The van der Waals surface area contributed by atoms with Crippen molar-refractivity contribution >= 4 is 13.8 Å². The van der Waals surface area contributed by atoms with Crippen molar-refractivity contribution in [2.24, 2.45) is 5.73 Å². The molecule has 0 fully saturated rings. The first-order valence-electron chi connectivity index (χ1n) is 26.3. The molecule has 0 bridgehead atoms. The number of hydrogen-bond donors (Lipinski definition) is 2. The monoisotopic (exact) mass is 906 g/mol. The first-order chi connectivity index (χ1) is 30.9. The second-order valence-corrected chi connectivity index (χ2v) is 18.8. The zero-order valence-electron chi connectivity index (χ0n) is 41.1. The van der Waals surface area contributed by atoms with Crippen molar-refractivity contribution < 1.29 is 32.8 Å². The Morgan fingerprint density at radius 1 is 0.492 bits per heavy atom. The fourth-order valence-corrected chi connectivity index (χ4v) is 8.14. The number of hydrogen-bond acceptors (Lipinski definition) is 7. The Labute approximate surface area is 389 Å². The van der Waals surface area contributed by atoms with Crippen LogP contribution in [0.4, 0.5) is 0 Å². The van der Waals surface area contributed by atoms with Gasteiger partial charge in [0.2, 0.25) is 0 Å². The molecule has 2 atom stereocenters. The van der Waals surface area contributed by atoms with E-state index in [1.165, 1.54) is 148 Å². The molecule has 2 unspecified atom stereocenters. The highest BCUT2D eigenvalue weighted by Gasteiger charge is 2.25. The molecule has 0 rings (SSSR count). The third kappa shape index (κ3) is 51.1. The summed E-state index contributed by atoms with van der Waals surface area (Å²) in [6.45, 7) is 4.83. The van der Waals surface area contributed by atoms with Crippen LogP contribution < -0.4 is 5.73 Å². The van der Waals surface area contributed by atoms with E-state index in [0.29, 0.717) is 13.0 Å². The van der Waals surface area contributed by atoms with E-state index in [-0.39, 0.29) is 32.3 Å². The fourth-order valence-electron chi connectivity index (χ4n) is 7.38. The lowest BCUT2D eigenvalue weighted by Gasteiger charge is -2.20. The van der Waals surface area contributed by atoms with Gasteiger partial charge in [-0.05, 0) is 57.8 Å². The predicted molar refractivity (Wildman–Crippen MR) is 270 cm³/mol. The molecule has 368 valence electrons. The third-order valence-corrected chi connectivity index (χ3v) is 12.2. The van der Waals surface area contributed by atoms with Gasteiger partial charge in [0.05, 0.1) is 19.8 Å². The van der Waals surface area contributed by atoms with Crippen LogP contribution in [0.3, 0.4) is 0 Å². The Hall–Kier alpha value is -1.80. The van der Waals surface area contributed by atoms with Crippen LogP contribution in [-0.4, -0.2) is 49.9 Å². The van der Waals surface area contributed by atoms with E-state index in [2.05, 4.69) is 74.6 Å². The summed E-state index contributed by atoms with van der Waals surface area (Å²) in [5.41, 5.74) is 5.39. The van der Waals surface area contributed by atoms with Gasteiger partial charge in [0.15, 0.2) is 0 Å². The second kappa shape index (κ2) is 51.2. The molecule has 0 aromatic heterocycles. The maximum absolute atomic E-state index is 12.7. The number of rotatable bonds is 50. The SMILES string of the molecule is CC/C=C\C/C=C\C/C=C\C/C=C\C/C=C\CCCCCCCCCC(=O)OC(COCCCCCCCCCCCCCCCCCCCCCCC)COP(=O)(O)OCCN. The van der Waals surface area contributed by atoms with Crippen LogP contribution >= 0.6 is 7.82 Å². The fraction of sp³-hybridized carbons (Fsp3) is 0.796. The normalized spacial score (nSPS) is 13.8. The molecule has 63 heavy (non-hydrogen) atoms. The molecule has 0 amide bonds. The van der Waals surface area contributed by atoms with Gasteiger partial charge < -0.3 is 20.1 Å². The number of allylic oxidation sites excluding steroid dienone is 10. The van der Waals surface area contributed by atoms with Crippen molar-refractivity contribution in [2.75, 3.05) is 33.0 Å². The van der Waals surface area contributed by atoms with Gasteiger partial charge in [-0.25, -0.2) is 4.57 Å². The maximum atomic E-state index is 12.7. The summed E-state index contributed by atoms with van der Waals surface area (Å²) in [5, 5.41) is 0. The number of carbonyl (C=O) groups is 1. The zero-order chi connectivity index (χ0) is 45.8. The van der Waals surface area contributed by atoms with Gasteiger partial charge in [-0.3, -0.25) is 13.8 Å². The van der Waals surface area contributed by atoms with Crippen molar-refractivity contribution in [3.05, 3.63) is 60.8 Å². The third-order valence-electron chi connectivity index (χ3n) is 11.2. The number of unbranched alkanes of at least 4 members (excludes halogenated alkanes) is 27. The lowest BCUT2D eigenvalue weighted by atomic mass is 10.0. The first kappa shape index (κ1) is 61.2. The quantitative estimate of drug-likeness (QED) is 0.0268. The van der Waals surface area contributed by atoms with Gasteiger partial charge in [-0.1, -0.05) is 235 Å². The summed E-state index contributed by atoms with van der Waals surface area (Å²) in [6, 6.07) is 0. The minimum atomic E-state index is -4.29. The van der Waals surface area contributed by atoms with Gasteiger partial charge in [0.1, 0.15) is 6.10 Å². The molecule has 0 radical (unpaired) electrons. The molecule has 0 aliphatic rings. The molecular weight excluding hydrogens is 806 g/mol. The highest BCUT2D eigenvalue weighted by Crippen LogP contribution is 2.43. The van der Waals surface area contributed by atoms with Crippen LogP contribution in [0.15, 0.2) is 60.8 Å². The average Bonchev–Trinajstić information content (AvgIpc) is 3.28. The largest absolute Gasteiger partial charge is 0.472 e. The lowest BCUT2D eigenvalue weighted by molar-refractivity contribution is -0.154. The van der Waals surface area contributed by atoms with Gasteiger partial charge in [0.25, 0.3) is 0 Å². The van der Waals surface area contributed by atoms with Gasteiger partial charge in [-0.15, -0.1) is 0 Å². The smallest absolute Gasteiger partial charge is 0.457 e. The minimum absolute atomic E-state index is 0.0973. The molecular formula is C54H100NO7P. The lowest BCUT2D eigenvalue weighted by Crippen LogP contribution is -2.28. The van der Waals surface area contributed by atoms with E-state index in [9.17, 15) is 14.3 Å². The van der Waals surface area contributed by atoms with Crippen LogP contribution in [-0.2, 0) is 27.9 Å². The number of phosphoric acid groups is 1. The molecule has 0 aliphatic carbocycles. The molecule has 0 aliphatic heterocycles. The number of phosphoric ester groups is 1. The molecule has 0 aromatic carbocycles. The van der Waals surface area contributed by atoms with E-state index in [4.69, 9.17) is 24.3 Å². The highest BCUT2D eigenvalue weighted by molar-refractivity contribution is 7.47. The molecule has 8 nitrogen and oxygen atoms in total. The highest BCUT2D eigenvalue weighted by atomic mass is 31.2. The average molecular weight is 906 g/mol. The van der Waals surface area contributed by atoms with Crippen LogP contribution in [0.2, 0.25) is 0 Å². The Bertz CT molecular complexity index is 1150. The number of carbonyl (C=O) groups excluding carboxylic acids is 1. The van der Waals surface area contributed by atoms with Crippen molar-refractivity contribution in [2.45, 2.75) is 245 Å². The van der Waals surface area contributed by atoms with Crippen molar-refractivity contribution in [3.63, 3.8) is 0 Å². The van der Waals surface area contributed by atoms with Crippen LogP contribution in [0, 0.1) is 0 Å². The summed E-state index contributed by atoms with van der Waals surface area (Å²) < 4.78 is 33.6. The van der Waals surface area contributed by atoms with Crippen molar-refractivity contribution in [1.82, 2.24) is 0 Å². The van der Waals surface area contributed by atoms with Crippen molar-refractivity contribution in [3.8, 4) is 0 Å². The number of ether oxygens (including phenoxy) is 2. The standard InChI is InChI=1S/C54H100NO7P/c1-3-5-7-9-11-13-15-17-19-21-23-25-26-27-29-31-33-35-37-39-41-43-45-47-54(56)62-53(52-61-63(57,58)60-50-48-55)51-59-49-46-44-42-40-38-36-34-32-30-28-24-22-20-18-16-14-12-10-8-6-4-2/h5,7,11,13,17,19,23,25,27,29,53H,3-4,6,8-10,12,14-16,18,20-22,24,26,28,30-52,55H2,1-2H3,(H,57,58)/b7-5-,13-11-,19-17-,25-23-,29-27-.